The zero-order valence-electron chi connectivity index (χ0n) is 11.1. The number of nitrogens with one attached hydrogen (secondary N) is 1. The van der Waals surface area contributed by atoms with Crippen molar-refractivity contribution < 1.29 is 4.74 Å². The molecule has 0 aliphatic carbocycles. The molecule has 0 saturated carbocycles. The first-order chi connectivity index (χ1) is 8.06. The van der Waals surface area contributed by atoms with Gasteiger partial charge in [0.2, 0.25) is 0 Å². The minimum atomic E-state index is 0.247. The molecule has 1 atom stereocenters. The third-order valence-electron chi connectivity index (χ3n) is 2.64. The van der Waals surface area contributed by atoms with Crippen LogP contribution in [0, 0.1) is 6.92 Å². The standard InChI is InChI=1S/C14H22BrNO/c1-5-16-13(9-17-10(2)3)12-8-6-7-11(4)14(12)15/h6-8,10,13,16H,5,9H2,1-4H3. The van der Waals surface area contributed by atoms with Crippen LogP contribution in [0.1, 0.15) is 37.9 Å². The summed E-state index contributed by atoms with van der Waals surface area (Å²) < 4.78 is 6.90. The Kier molecular flexibility index (Phi) is 6.17. The molecule has 1 rings (SSSR count). The quantitative estimate of drug-likeness (QED) is 0.862. The van der Waals surface area contributed by atoms with E-state index in [1.54, 1.807) is 0 Å². The van der Waals surface area contributed by atoms with E-state index in [4.69, 9.17) is 4.74 Å². The van der Waals surface area contributed by atoms with Gasteiger partial charge in [-0.15, -0.1) is 0 Å². The summed E-state index contributed by atoms with van der Waals surface area (Å²) in [5, 5.41) is 3.47. The van der Waals surface area contributed by atoms with Crippen LogP contribution in [0.25, 0.3) is 0 Å². The number of ether oxygens (including phenoxy) is 1. The summed E-state index contributed by atoms with van der Waals surface area (Å²) in [6, 6.07) is 6.60. The first-order valence-electron chi connectivity index (χ1n) is 6.16. The molecule has 0 amide bonds. The highest BCUT2D eigenvalue weighted by atomic mass is 79.9. The highest BCUT2D eigenvalue weighted by molar-refractivity contribution is 9.10. The van der Waals surface area contributed by atoms with Crippen molar-refractivity contribution in [3.8, 4) is 0 Å². The molecular formula is C14H22BrNO. The average molecular weight is 300 g/mol. The van der Waals surface area contributed by atoms with Crippen LogP contribution in [0.4, 0.5) is 0 Å². The Labute approximate surface area is 113 Å². The van der Waals surface area contributed by atoms with Crippen LogP contribution in [0.3, 0.4) is 0 Å². The Morgan fingerprint density at radius 1 is 1.35 bits per heavy atom. The van der Waals surface area contributed by atoms with Crippen LogP contribution >= 0.6 is 15.9 Å². The Morgan fingerprint density at radius 3 is 2.65 bits per heavy atom. The van der Waals surface area contributed by atoms with E-state index in [0.29, 0.717) is 6.61 Å². The summed E-state index contributed by atoms with van der Waals surface area (Å²) in [6.45, 7) is 9.99. The molecule has 1 aromatic rings. The van der Waals surface area contributed by atoms with E-state index in [-0.39, 0.29) is 12.1 Å². The molecule has 0 aliphatic rings. The van der Waals surface area contributed by atoms with Crippen molar-refractivity contribution in [1.29, 1.82) is 0 Å². The Morgan fingerprint density at radius 2 is 2.06 bits per heavy atom. The lowest BCUT2D eigenvalue weighted by Crippen LogP contribution is -2.27. The first kappa shape index (κ1) is 14.7. The topological polar surface area (TPSA) is 21.3 Å². The van der Waals surface area contributed by atoms with Gasteiger partial charge in [-0.1, -0.05) is 41.1 Å². The van der Waals surface area contributed by atoms with Gasteiger partial charge in [0.05, 0.1) is 18.8 Å². The fraction of sp³-hybridized carbons (Fsp3) is 0.571. The van der Waals surface area contributed by atoms with E-state index in [1.165, 1.54) is 15.6 Å². The van der Waals surface area contributed by atoms with Crippen molar-refractivity contribution >= 4 is 15.9 Å². The lowest BCUT2D eigenvalue weighted by molar-refractivity contribution is 0.0613. The highest BCUT2D eigenvalue weighted by Crippen LogP contribution is 2.27. The summed E-state index contributed by atoms with van der Waals surface area (Å²) in [5.74, 6) is 0. The lowest BCUT2D eigenvalue weighted by Gasteiger charge is -2.21. The number of likely N-dealkylation sites (N-methyl/N-ethyl adjacent to an activating group) is 1. The molecule has 1 aromatic carbocycles. The normalized spacial score (nSPS) is 13.1. The molecule has 1 N–H and O–H groups in total. The molecule has 3 heteroatoms. The van der Waals surface area contributed by atoms with E-state index in [0.717, 1.165) is 6.54 Å². The molecule has 0 spiro atoms. The number of hydrogen-bond acceptors (Lipinski definition) is 2. The Hall–Kier alpha value is -0.380. The predicted molar refractivity (Wildman–Crippen MR) is 76.4 cm³/mol. The van der Waals surface area contributed by atoms with Crippen LogP contribution in [0.5, 0.6) is 0 Å². The zero-order valence-corrected chi connectivity index (χ0v) is 12.7. The molecular weight excluding hydrogens is 278 g/mol. The predicted octanol–water partition coefficient (Wildman–Crippen LogP) is 3.83. The van der Waals surface area contributed by atoms with Gasteiger partial charge in [-0.3, -0.25) is 0 Å². The molecule has 0 radical (unpaired) electrons. The molecule has 96 valence electrons. The molecule has 0 bridgehead atoms. The third kappa shape index (κ3) is 4.41. The SMILES string of the molecule is CCNC(COC(C)C)c1cccc(C)c1Br. The zero-order chi connectivity index (χ0) is 12.8. The molecule has 0 aromatic heterocycles. The van der Waals surface area contributed by atoms with Crippen molar-refractivity contribution in [2.24, 2.45) is 0 Å². The second-order valence-corrected chi connectivity index (χ2v) is 5.26. The van der Waals surface area contributed by atoms with E-state index in [9.17, 15) is 0 Å². The van der Waals surface area contributed by atoms with Crippen LogP contribution in [-0.4, -0.2) is 19.3 Å². The Bertz CT molecular complexity index is 352. The van der Waals surface area contributed by atoms with Crippen molar-refractivity contribution in [1.82, 2.24) is 5.32 Å². The van der Waals surface area contributed by atoms with Gasteiger partial charge in [0.1, 0.15) is 0 Å². The largest absolute Gasteiger partial charge is 0.377 e. The second-order valence-electron chi connectivity index (χ2n) is 4.47. The van der Waals surface area contributed by atoms with Gasteiger partial charge in [-0.05, 0) is 38.4 Å². The van der Waals surface area contributed by atoms with Crippen LogP contribution < -0.4 is 5.32 Å². The van der Waals surface area contributed by atoms with Crippen molar-refractivity contribution in [2.75, 3.05) is 13.2 Å². The van der Waals surface area contributed by atoms with Crippen molar-refractivity contribution in [3.63, 3.8) is 0 Å². The maximum Gasteiger partial charge on any atom is 0.0665 e. The fourth-order valence-electron chi connectivity index (χ4n) is 1.73. The van der Waals surface area contributed by atoms with Gasteiger partial charge in [-0.25, -0.2) is 0 Å². The van der Waals surface area contributed by atoms with Crippen LogP contribution in [0.2, 0.25) is 0 Å². The summed E-state index contributed by atoms with van der Waals surface area (Å²) in [6.07, 6.45) is 0.264. The molecule has 0 heterocycles. The summed E-state index contributed by atoms with van der Waals surface area (Å²) in [4.78, 5) is 0. The van der Waals surface area contributed by atoms with Crippen molar-refractivity contribution in [2.45, 2.75) is 39.8 Å². The van der Waals surface area contributed by atoms with Gasteiger partial charge >= 0.3 is 0 Å². The summed E-state index contributed by atoms with van der Waals surface area (Å²) >= 11 is 3.66. The first-order valence-corrected chi connectivity index (χ1v) is 6.95. The minimum Gasteiger partial charge on any atom is -0.377 e. The van der Waals surface area contributed by atoms with E-state index in [1.807, 2.05) is 0 Å². The maximum absolute atomic E-state index is 5.72. The minimum absolute atomic E-state index is 0.247. The lowest BCUT2D eigenvalue weighted by atomic mass is 10.0. The van der Waals surface area contributed by atoms with Gasteiger partial charge in [-0.2, -0.15) is 0 Å². The molecule has 1 unspecified atom stereocenters. The molecule has 0 aliphatic heterocycles. The molecule has 2 nitrogen and oxygen atoms in total. The van der Waals surface area contributed by atoms with Gasteiger partial charge in [0.15, 0.2) is 0 Å². The number of benzene rings is 1. The number of rotatable bonds is 6. The summed E-state index contributed by atoms with van der Waals surface area (Å²) in [7, 11) is 0. The second kappa shape index (κ2) is 7.14. The van der Waals surface area contributed by atoms with E-state index >= 15 is 0 Å². The monoisotopic (exact) mass is 299 g/mol. The smallest absolute Gasteiger partial charge is 0.0665 e. The van der Waals surface area contributed by atoms with E-state index in [2.05, 4.69) is 67.1 Å². The van der Waals surface area contributed by atoms with E-state index < -0.39 is 0 Å². The summed E-state index contributed by atoms with van der Waals surface area (Å²) in [5.41, 5.74) is 2.53. The van der Waals surface area contributed by atoms with Crippen molar-refractivity contribution in [3.05, 3.63) is 33.8 Å². The van der Waals surface area contributed by atoms with Crippen LogP contribution in [0.15, 0.2) is 22.7 Å². The maximum atomic E-state index is 5.72. The number of halogens is 1. The molecule has 0 saturated heterocycles. The van der Waals surface area contributed by atoms with Crippen LogP contribution in [-0.2, 0) is 4.74 Å². The third-order valence-corrected chi connectivity index (χ3v) is 3.73. The molecule has 0 fully saturated rings. The van der Waals surface area contributed by atoms with Gasteiger partial charge in [0.25, 0.3) is 0 Å². The molecule has 17 heavy (non-hydrogen) atoms. The van der Waals surface area contributed by atoms with Gasteiger partial charge < -0.3 is 10.1 Å². The average Bonchev–Trinajstić information content (AvgIpc) is 2.28. The van der Waals surface area contributed by atoms with Gasteiger partial charge in [0, 0.05) is 4.47 Å². The highest BCUT2D eigenvalue weighted by Gasteiger charge is 2.15. The fourth-order valence-corrected chi connectivity index (χ4v) is 2.27. The number of aryl methyl sites for hydroxylation is 1. The number of hydrogen-bond donors (Lipinski definition) is 1. The Balaban J connectivity index is 2.85.